The van der Waals surface area contributed by atoms with Crippen molar-refractivity contribution in [2.45, 2.75) is 13.8 Å². The summed E-state index contributed by atoms with van der Waals surface area (Å²) in [5.74, 6) is 0. The molecule has 0 radical (unpaired) electrons. The lowest BCUT2D eigenvalue weighted by Gasteiger charge is -2.00. The Labute approximate surface area is 156 Å². The molecular weight excluding hydrogens is 368 g/mol. The predicted molar refractivity (Wildman–Crippen MR) is 113 cm³/mol. The SMILES string of the molecule is Cc1cc2sc(-c3ccc(-c4cc5sc(C)cc5s4)cc3)cc2s1. The van der Waals surface area contributed by atoms with Crippen LogP contribution in [0.5, 0.6) is 0 Å². The Bertz CT molecular complexity index is 1010. The van der Waals surface area contributed by atoms with Crippen LogP contribution >= 0.6 is 45.3 Å². The van der Waals surface area contributed by atoms with Gasteiger partial charge in [-0.3, -0.25) is 0 Å². The van der Waals surface area contributed by atoms with Gasteiger partial charge in [0.05, 0.1) is 0 Å². The molecule has 0 saturated carbocycles. The standard InChI is InChI=1S/C20H14S4/c1-11-7-17-19(21-11)9-15(23-17)13-3-5-14(6-4-13)16-10-20-18(24-16)8-12(2)22-20/h3-10H,1-2H3. The maximum Gasteiger partial charge on any atom is 0.0459 e. The molecule has 0 N–H and O–H groups in total. The fourth-order valence-corrected chi connectivity index (χ4v) is 7.64. The molecule has 4 aromatic heterocycles. The van der Waals surface area contributed by atoms with Gasteiger partial charge in [-0.05, 0) is 49.2 Å². The van der Waals surface area contributed by atoms with Crippen molar-refractivity contribution < 1.29 is 0 Å². The number of fused-ring (bicyclic) bond motifs is 2. The van der Waals surface area contributed by atoms with Crippen LogP contribution in [0.3, 0.4) is 0 Å². The lowest BCUT2D eigenvalue weighted by atomic mass is 10.1. The van der Waals surface area contributed by atoms with E-state index < -0.39 is 0 Å². The zero-order valence-electron chi connectivity index (χ0n) is 13.3. The van der Waals surface area contributed by atoms with E-state index in [0.717, 1.165) is 0 Å². The molecule has 0 spiro atoms. The first-order valence-electron chi connectivity index (χ1n) is 7.76. The summed E-state index contributed by atoms with van der Waals surface area (Å²) >= 11 is 7.56. The summed E-state index contributed by atoms with van der Waals surface area (Å²) in [6.45, 7) is 4.36. The molecular formula is C20H14S4. The van der Waals surface area contributed by atoms with Crippen LogP contribution in [-0.4, -0.2) is 0 Å². The van der Waals surface area contributed by atoms with E-state index in [2.05, 4.69) is 62.4 Å². The van der Waals surface area contributed by atoms with Gasteiger partial charge < -0.3 is 0 Å². The number of rotatable bonds is 2. The molecule has 0 aliphatic carbocycles. The van der Waals surface area contributed by atoms with E-state index in [1.54, 1.807) is 0 Å². The predicted octanol–water partition coefficient (Wildman–Crippen LogP) is 8.19. The summed E-state index contributed by atoms with van der Waals surface area (Å²) in [6, 6.07) is 18.3. The second-order valence-electron chi connectivity index (χ2n) is 5.97. The molecule has 0 atom stereocenters. The summed E-state index contributed by atoms with van der Waals surface area (Å²) in [5, 5.41) is 0. The van der Waals surface area contributed by atoms with Crippen LogP contribution in [0.15, 0.2) is 48.5 Å². The van der Waals surface area contributed by atoms with Crippen molar-refractivity contribution in [2.24, 2.45) is 0 Å². The Balaban J connectivity index is 1.51. The van der Waals surface area contributed by atoms with Crippen molar-refractivity contribution in [1.82, 2.24) is 0 Å². The molecule has 0 fully saturated rings. The Hall–Kier alpha value is -1.46. The fraction of sp³-hybridized carbons (Fsp3) is 0.100. The molecule has 0 nitrogen and oxygen atoms in total. The van der Waals surface area contributed by atoms with Crippen LogP contribution in [0.2, 0.25) is 0 Å². The summed E-state index contributed by atoms with van der Waals surface area (Å²) in [4.78, 5) is 5.52. The van der Waals surface area contributed by atoms with E-state index in [-0.39, 0.29) is 0 Å². The lowest BCUT2D eigenvalue weighted by molar-refractivity contribution is 1.66. The molecule has 4 heterocycles. The van der Waals surface area contributed by atoms with Crippen LogP contribution in [0.4, 0.5) is 0 Å². The molecule has 0 unspecified atom stereocenters. The van der Waals surface area contributed by atoms with Gasteiger partial charge in [-0.15, -0.1) is 45.3 Å². The number of hydrogen-bond donors (Lipinski definition) is 0. The second-order valence-corrected chi connectivity index (χ2v) is 10.7. The molecule has 0 amide bonds. The zero-order chi connectivity index (χ0) is 16.3. The van der Waals surface area contributed by atoms with Gasteiger partial charge in [0.15, 0.2) is 0 Å². The van der Waals surface area contributed by atoms with Crippen LogP contribution < -0.4 is 0 Å². The van der Waals surface area contributed by atoms with Crippen molar-refractivity contribution in [1.29, 1.82) is 0 Å². The minimum atomic E-state index is 1.32. The third kappa shape index (κ3) is 2.45. The quantitative estimate of drug-likeness (QED) is 0.289. The van der Waals surface area contributed by atoms with Crippen LogP contribution in [0, 0.1) is 13.8 Å². The van der Waals surface area contributed by atoms with Gasteiger partial charge in [-0.2, -0.15) is 0 Å². The van der Waals surface area contributed by atoms with Gasteiger partial charge in [-0.1, -0.05) is 24.3 Å². The Morgan fingerprint density at radius 1 is 0.500 bits per heavy atom. The van der Waals surface area contributed by atoms with E-state index in [1.807, 2.05) is 45.3 Å². The van der Waals surface area contributed by atoms with E-state index in [9.17, 15) is 0 Å². The molecule has 0 saturated heterocycles. The number of hydrogen-bond acceptors (Lipinski definition) is 4. The molecule has 118 valence electrons. The van der Waals surface area contributed by atoms with Gasteiger partial charge in [0.2, 0.25) is 0 Å². The first-order valence-corrected chi connectivity index (χ1v) is 11.0. The van der Waals surface area contributed by atoms with Gasteiger partial charge in [0.1, 0.15) is 0 Å². The molecule has 24 heavy (non-hydrogen) atoms. The number of benzene rings is 1. The van der Waals surface area contributed by atoms with Gasteiger partial charge in [0, 0.05) is 38.3 Å². The molecule has 5 aromatic rings. The molecule has 5 rings (SSSR count). The van der Waals surface area contributed by atoms with Gasteiger partial charge >= 0.3 is 0 Å². The topological polar surface area (TPSA) is 0 Å². The Morgan fingerprint density at radius 3 is 1.25 bits per heavy atom. The normalized spacial score (nSPS) is 11.8. The Morgan fingerprint density at radius 2 is 0.875 bits per heavy atom. The highest BCUT2D eigenvalue weighted by atomic mass is 32.1. The number of thiophene rings is 4. The summed E-state index contributed by atoms with van der Waals surface area (Å²) in [7, 11) is 0. The fourth-order valence-electron chi connectivity index (χ4n) is 3.00. The molecule has 0 bridgehead atoms. The Kier molecular flexibility index (Phi) is 3.42. The maximum absolute atomic E-state index is 2.33. The highest BCUT2D eigenvalue weighted by Crippen LogP contribution is 2.40. The van der Waals surface area contributed by atoms with Crippen LogP contribution in [0.1, 0.15) is 9.75 Å². The minimum Gasteiger partial charge on any atom is -0.140 e. The molecule has 0 aliphatic heterocycles. The third-order valence-electron chi connectivity index (χ3n) is 4.11. The first kappa shape index (κ1) is 14.8. The first-order chi connectivity index (χ1) is 11.7. The van der Waals surface area contributed by atoms with E-state index in [1.165, 1.54) is 49.4 Å². The highest BCUT2D eigenvalue weighted by molar-refractivity contribution is 7.30. The van der Waals surface area contributed by atoms with E-state index >= 15 is 0 Å². The van der Waals surface area contributed by atoms with E-state index in [0.29, 0.717) is 0 Å². The third-order valence-corrected chi connectivity index (χ3v) is 8.63. The maximum atomic E-state index is 2.33. The summed E-state index contributed by atoms with van der Waals surface area (Å²) in [6.07, 6.45) is 0. The van der Waals surface area contributed by atoms with Crippen molar-refractivity contribution in [3.05, 3.63) is 58.3 Å². The van der Waals surface area contributed by atoms with Gasteiger partial charge in [0.25, 0.3) is 0 Å². The highest BCUT2D eigenvalue weighted by Gasteiger charge is 2.09. The molecule has 0 aliphatic rings. The van der Waals surface area contributed by atoms with Gasteiger partial charge in [-0.25, -0.2) is 0 Å². The average Bonchev–Trinajstić information content (AvgIpc) is 3.26. The average molecular weight is 383 g/mol. The van der Waals surface area contributed by atoms with Crippen molar-refractivity contribution in [2.75, 3.05) is 0 Å². The molecule has 4 heteroatoms. The zero-order valence-corrected chi connectivity index (χ0v) is 16.5. The van der Waals surface area contributed by atoms with Crippen LogP contribution in [0.25, 0.3) is 39.7 Å². The van der Waals surface area contributed by atoms with Crippen molar-refractivity contribution in [3.8, 4) is 20.9 Å². The minimum absolute atomic E-state index is 1.32. The number of aryl methyl sites for hydroxylation is 2. The smallest absolute Gasteiger partial charge is 0.0459 e. The lowest BCUT2D eigenvalue weighted by Crippen LogP contribution is -1.74. The monoisotopic (exact) mass is 382 g/mol. The van der Waals surface area contributed by atoms with Crippen LogP contribution in [-0.2, 0) is 0 Å². The van der Waals surface area contributed by atoms with E-state index in [4.69, 9.17) is 0 Å². The summed E-state index contributed by atoms with van der Waals surface area (Å²) in [5.41, 5.74) is 2.64. The summed E-state index contributed by atoms with van der Waals surface area (Å²) < 4.78 is 5.63. The van der Waals surface area contributed by atoms with Crippen molar-refractivity contribution in [3.63, 3.8) is 0 Å². The van der Waals surface area contributed by atoms with Crippen molar-refractivity contribution >= 4 is 64.1 Å². The molecule has 1 aromatic carbocycles. The largest absolute Gasteiger partial charge is 0.140 e. The second kappa shape index (κ2) is 5.53.